The summed E-state index contributed by atoms with van der Waals surface area (Å²) in [6, 6.07) is 0. The van der Waals surface area contributed by atoms with Crippen LogP contribution in [0.5, 0.6) is 0 Å². The predicted octanol–water partition coefficient (Wildman–Crippen LogP) is 7.68. The van der Waals surface area contributed by atoms with E-state index in [0.29, 0.717) is 30.5 Å². The van der Waals surface area contributed by atoms with E-state index in [-0.39, 0.29) is 45.6 Å². The molecule has 1 amide bonds. The van der Waals surface area contributed by atoms with Gasteiger partial charge in [0.2, 0.25) is 0 Å². The van der Waals surface area contributed by atoms with Crippen molar-refractivity contribution in [2.24, 2.45) is 50.7 Å². The minimum atomic E-state index is -1.12. The Morgan fingerprint density at radius 2 is 1.60 bits per heavy atom. The van der Waals surface area contributed by atoms with Crippen molar-refractivity contribution in [1.82, 2.24) is 10.2 Å². The van der Waals surface area contributed by atoms with Gasteiger partial charge >= 0.3 is 12.1 Å². The highest BCUT2D eigenvalue weighted by Gasteiger charge is 2.72. The number of allylic oxidation sites excluding steroid dienone is 2. The molecule has 7 nitrogen and oxygen atoms in total. The number of carbonyl (C=O) groups excluding carboxylic acids is 3. The van der Waals surface area contributed by atoms with Gasteiger partial charge in [-0.2, -0.15) is 0 Å². The van der Waals surface area contributed by atoms with Crippen LogP contribution in [0.3, 0.4) is 0 Å². The Labute approximate surface area is 272 Å². The molecule has 0 aromatic carbocycles. The first kappa shape index (κ1) is 33.0. The van der Waals surface area contributed by atoms with Gasteiger partial charge in [0.05, 0.1) is 0 Å². The number of likely N-dealkylation sites (tertiary alicyclic amines) is 1. The number of Topliss-reactive ketones (excluding diaryl/α,β-unsaturated/α-hetero) is 1. The molecule has 6 aliphatic rings. The Morgan fingerprint density at radius 1 is 0.889 bits per heavy atom. The molecular formula is C38H60N2O5. The molecule has 4 saturated carbocycles. The lowest BCUT2D eigenvalue weighted by atomic mass is 9.32. The van der Waals surface area contributed by atoms with Gasteiger partial charge in [0.15, 0.2) is 11.5 Å². The monoisotopic (exact) mass is 624 g/mol. The van der Waals surface area contributed by atoms with E-state index in [4.69, 9.17) is 9.47 Å². The maximum absolute atomic E-state index is 13.4. The normalized spacial score (nSPS) is 45.8. The molecule has 252 valence electrons. The maximum atomic E-state index is 13.4. The van der Waals surface area contributed by atoms with Gasteiger partial charge in [0.1, 0.15) is 6.10 Å². The number of ketones is 1. The molecule has 9 atom stereocenters. The molecule has 1 heterocycles. The first-order valence-corrected chi connectivity index (χ1v) is 18.0. The highest BCUT2D eigenvalue weighted by atomic mass is 16.6. The number of esters is 1. The molecule has 6 rings (SSSR count). The highest BCUT2D eigenvalue weighted by molar-refractivity contribution is 6.00. The molecule has 1 N–H and O–H groups in total. The summed E-state index contributed by atoms with van der Waals surface area (Å²) in [5.74, 6) is 1.55. The average Bonchev–Trinajstić information content (AvgIpc) is 3.45. The van der Waals surface area contributed by atoms with Crippen molar-refractivity contribution >= 4 is 17.8 Å². The first-order valence-electron chi connectivity index (χ1n) is 18.0. The van der Waals surface area contributed by atoms with Gasteiger partial charge in [-0.3, -0.25) is 14.9 Å². The third kappa shape index (κ3) is 4.62. The van der Waals surface area contributed by atoms with Crippen molar-refractivity contribution in [2.45, 2.75) is 138 Å². The van der Waals surface area contributed by atoms with Crippen LogP contribution in [0.1, 0.15) is 127 Å². The van der Waals surface area contributed by atoms with Crippen molar-refractivity contribution < 1.29 is 23.9 Å². The number of nitrogens with one attached hydrogen (secondary N) is 1. The number of rotatable bonds is 4. The Balaban J connectivity index is 1.32. The predicted molar refractivity (Wildman–Crippen MR) is 175 cm³/mol. The quantitative estimate of drug-likeness (QED) is 0.255. The third-order valence-electron chi connectivity index (χ3n) is 15.2. The van der Waals surface area contributed by atoms with E-state index in [1.807, 2.05) is 7.05 Å². The lowest BCUT2D eigenvalue weighted by Crippen LogP contribution is -2.72. The van der Waals surface area contributed by atoms with Crippen molar-refractivity contribution in [3.63, 3.8) is 0 Å². The molecule has 1 unspecified atom stereocenters. The van der Waals surface area contributed by atoms with E-state index in [2.05, 4.69) is 65.6 Å². The SMILES string of the molecule is CC(=O)O[C@@]1(NC(=O)OC2CCN(C)C2)CC[C@]2(C)[C@H]3CC[C@@H]4C5=C(C(C)C)C(=O)C[C@]5(C)CC[C@@]4(C)[C@]3(C)CC[C@H]2C1(C)C. The standard InChI is InChI=1S/C38H60N2O5/c1-23(2)30-27(42)21-34(6)16-18-36(8)26(31(30)34)11-12-29-35(7)17-19-38(45-24(3)41,33(4,5)28(35)13-15-37(29,36)9)39-32(43)44-25-14-20-40(10)22-25/h23,25-26,28-29H,11-22H2,1-10H3,(H,39,43)/t25?,26-,28+,29-,34+,35+,36-,37-,38+/m1/s1. The van der Waals surface area contributed by atoms with Crippen molar-refractivity contribution in [1.29, 1.82) is 0 Å². The molecular weight excluding hydrogens is 564 g/mol. The summed E-state index contributed by atoms with van der Waals surface area (Å²) in [5, 5.41) is 3.17. The lowest BCUT2D eigenvalue weighted by Gasteiger charge is -2.73. The summed E-state index contributed by atoms with van der Waals surface area (Å²) >= 11 is 0. The number of amides is 1. The van der Waals surface area contributed by atoms with Crippen LogP contribution in [-0.4, -0.2) is 54.7 Å². The number of hydrogen-bond acceptors (Lipinski definition) is 6. The topological polar surface area (TPSA) is 84.9 Å². The van der Waals surface area contributed by atoms with Gasteiger partial charge in [0.25, 0.3) is 0 Å². The number of likely N-dealkylation sites (N-methyl/N-ethyl adjacent to an activating group) is 1. The zero-order valence-electron chi connectivity index (χ0n) is 29.9. The van der Waals surface area contributed by atoms with Crippen LogP contribution < -0.4 is 5.32 Å². The minimum absolute atomic E-state index is 0.0236. The Kier molecular flexibility index (Phi) is 7.75. The smallest absolute Gasteiger partial charge is 0.410 e. The highest BCUT2D eigenvalue weighted by Crippen LogP contribution is 2.77. The van der Waals surface area contributed by atoms with Crippen molar-refractivity contribution in [3.05, 3.63) is 11.1 Å². The Hall–Kier alpha value is -1.89. The van der Waals surface area contributed by atoms with E-state index < -0.39 is 17.2 Å². The number of nitrogens with zero attached hydrogens (tertiary/aromatic N) is 1. The maximum Gasteiger partial charge on any atom is 0.410 e. The molecule has 7 heteroatoms. The van der Waals surface area contributed by atoms with Crippen LogP contribution in [0.2, 0.25) is 0 Å². The van der Waals surface area contributed by atoms with Gasteiger partial charge in [-0.05, 0) is 109 Å². The molecule has 0 aromatic heterocycles. The molecule has 45 heavy (non-hydrogen) atoms. The van der Waals surface area contributed by atoms with Gasteiger partial charge in [-0.15, -0.1) is 0 Å². The van der Waals surface area contributed by atoms with Crippen molar-refractivity contribution in [3.8, 4) is 0 Å². The summed E-state index contributed by atoms with van der Waals surface area (Å²) in [7, 11) is 2.04. The molecule has 5 aliphatic carbocycles. The fourth-order valence-electron chi connectivity index (χ4n) is 12.8. The lowest BCUT2D eigenvalue weighted by molar-refractivity contribution is -0.263. The molecule has 5 fully saturated rings. The zero-order chi connectivity index (χ0) is 33.0. The summed E-state index contributed by atoms with van der Waals surface area (Å²) in [4.78, 5) is 41.7. The summed E-state index contributed by atoms with van der Waals surface area (Å²) in [6.45, 7) is 22.0. The van der Waals surface area contributed by atoms with Crippen LogP contribution in [0, 0.1) is 50.7 Å². The largest absolute Gasteiger partial charge is 0.445 e. The summed E-state index contributed by atoms with van der Waals surface area (Å²) in [6.07, 6.45) is 9.06. The Bertz CT molecular complexity index is 1300. The average molecular weight is 625 g/mol. The van der Waals surface area contributed by atoms with Crippen LogP contribution in [0.4, 0.5) is 4.79 Å². The summed E-state index contributed by atoms with van der Waals surface area (Å²) < 4.78 is 12.1. The number of carbonyl (C=O) groups is 3. The van der Waals surface area contributed by atoms with E-state index in [9.17, 15) is 14.4 Å². The van der Waals surface area contributed by atoms with Gasteiger partial charge in [-0.25, -0.2) is 4.79 Å². The second-order valence-corrected chi connectivity index (χ2v) is 18.1. The first-order chi connectivity index (χ1) is 20.8. The molecule has 0 radical (unpaired) electrons. The molecule has 0 bridgehead atoms. The van der Waals surface area contributed by atoms with E-state index in [0.717, 1.165) is 63.6 Å². The molecule has 1 aliphatic heterocycles. The zero-order valence-corrected chi connectivity index (χ0v) is 29.9. The third-order valence-corrected chi connectivity index (χ3v) is 15.2. The van der Waals surface area contributed by atoms with E-state index in [1.165, 1.54) is 18.9 Å². The fraction of sp³-hybridized carbons (Fsp3) is 0.868. The second-order valence-electron chi connectivity index (χ2n) is 18.1. The number of fused-ring (bicyclic) bond motifs is 7. The van der Waals surface area contributed by atoms with Gasteiger partial charge in [0, 0.05) is 38.3 Å². The van der Waals surface area contributed by atoms with Gasteiger partial charge < -0.3 is 14.4 Å². The van der Waals surface area contributed by atoms with Crippen LogP contribution in [0.25, 0.3) is 0 Å². The van der Waals surface area contributed by atoms with E-state index in [1.54, 1.807) is 0 Å². The second kappa shape index (κ2) is 10.6. The van der Waals surface area contributed by atoms with Gasteiger partial charge in [-0.1, -0.05) is 61.0 Å². The van der Waals surface area contributed by atoms with Crippen LogP contribution in [0.15, 0.2) is 11.1 Å². The number of hydrogen-bond donors (Lipinski definition) is 1. The fourth-order valence-corrected chi connectivity index (χ4v) is 12.8. The van der Waals surface area contributed by atoms with Crippen LogP contribution >= 0.6 is 0 Å². The molecule has 0 spiro atoms. The summed E-state index contributed by atoms with van der Waals surface area (Å²) in [5.41, 5.74) is 1.40. The number of alkyl carbamates (subject to hydrolysis) is 1. The van der Waals surface area contributed by atoms with E-state index >= 15 is 0 Å². The Morgan fingerprint density at radius 3 is 2.22 bits per heavy atom. The minimum Gasteiger partial charge on any atom is -0.445 e. The van der Waals surface area contributed by atoms with Crippen molar-refractivity contribution in [2.75, 3.05) is 20.1 Å². The number of ether oxygens (including phenoxy) is 2. The van der Waals surface area contributed by atoms with Crippen LogP contribution in [-0.2, 0) is 19.1 Å². The molecule has 1 saturated heterocycles. The molecule has 0 aromatic rings.